The van der Waals surface area contributed by atoms with Crippen LogP contribution >= 0.6 is 6.21 Å². The van der Waals surface area contributed by atoms with Crippen LogP contribution < -0.4 is 0 Å². The van der Waals surface area contributed by atoms with Gasteiger partial charge in [0, 0.05) is 0 Å². The molecule has 0 heterocycles. The van der Waals surface area contributed by atoms with E-state index in [1.54, 1.807) is 25.7 Å². The van der Waals surface area contributed by atoms with Crippen LogP contribution in [-0.2, 0) is 46.8 Å². The zero-order chi connectivity index (χ0) is 15.7. The van der Waals surface area contributed by atoms with Crippen LogP contribution in [-0.4, -0.2) is 12.3 Å². The van der Waals surface area contributed by atoms with E-state index in [9.17, 15) is 4.79 Å². The molecule has 0 aliphatic carbocycles. The van der Waals surface area contributed by atoms with Gasteiger partial charge in [0.15, 0.2) is 0 Å². The van der Waals surface area contributed by atoms with Crippen molar-refractivity contribution in [3.63, 3.8) is 0 Å². The van der Waals surface area contributed by atoms with E-state index in [1.165, 1.54) is 0 Å². The van der Waals surface area contributed by atoms with Gasteiger partial charge in [-0.1, -0.05) is 0 Å². The Morgan fingerprint density at radius 1 is 1.00 bits per heavy atom. The molecule has 0 aliphatic heterocycles. The van der Waals surface area contributed by atoms with Gasteiger partial charge >= 0.3 is 110 Å². The SMILES string of the molecule is CCOC(=O)[P]=[Mo].[C-]#[O+].[C-]#[O+].[C-]#[O+].[C-]#[O+].[C-]#[O+]. The monoisotopic (exact) mass is 342 g/mol. The van der Waals surface area contributed by atoms with E-state index < -0.39 is 0 Å². The van der Waals surface area contributed by atoms with Crippen molar-refractivity contribution in [2.24, 2.45) is 0 Å². The minimum absolute atomic E-state index is 0.146. The fourth-order valence-electron chi connectivity index (χ4n) is 0.150. The molecule has 0 unspecified atom stereocenters. The first-order valence-corrected chi connectivity index (χ1v) is 6.34. The third-order valence-electron chi connectivity index (χ3n) is 0.342. The molecule has 0 aromatic rings. The fraction of sp³-hybridized carbons (Fsp3) is 0.250. The van der Waals surface area contributed by atoms with Crippen molar-refractivity contribution in [1.82, 2.24) is 0 Å². The number of rotatable bonds is 2. The average Bonchev–Trinajstić information content (AvgIpc) is 2.49. The number of hydrogen-bond donors (Lipinski definition) is 0. The summed E-state index contributed by atoms with van der Waals surface area (Å²) >= 11 is 1.69. The third-order valence-corrected chi connectivity index (χ3v) is 1.72. The molecule has 7 nitrogen and oxygen atoms in total. The Kier molecular flexibility index (Phi) is 242. The van der Waals surface area contributed by atoms with E-state index in [0.717, 1.165) is 0 Å². The van der Waals surface area contributed by atoms with Gasteiger partial charge in [0.2, 0.25) is 0 Å². The third kappa shape index (κ3) is 152. The van der Waals surface area contributed by atoms with E-state index in [-0.39, 0.29) is 5.71 Å². The quantitative estimate of drug-likeness (QED) is 0.326. The minimum atomic E-state index is -0.146. The van der Waals surface area contributed by atoms with E-state index >= 15 is 0 Å². The Morgan fingerprint density at radius 2 is 1.24 bits per heavy atom. The predicted octanol–water partition coefficient (Wildman–Crippen LogP) is 1.36. The van der Waals surface area contributed by atoms with E-state index in [2.05, 4.69) is 38.0 Å². The van der Waals surface area contributed by atoms with Crippen LogP contribution in [0.5, 0.6) is 0 Å². The molecule has 0 saturated carbocycles. The molecule has 0 aromatic heterocycles. The Balaban J connectivity index is -0.0000000257. The molecule has 0 rings (SSSR count). The normalized spacial score (nSPS) is 4.18. The molecule has 90 valence electrons. The molecule has 0 fully saturated rings. The van der Waals surface area contributed by atoms with Crippen LogP contribution in [0.2, 0.25) is 0 Å². The van der Waals surface area contributed by atoms with Gasteiger partial charge in [-0.2, -0.15) is 0 Å². The van der Waals surface area contributed by atoms with Gasteiger partial charge in [-0.15, -0.1) is 0 Å². The number of carbonyl (C=O) groups is 1. The Labute approximate surface area is 110 Å². The van der Waals surface area contributed by atoms with Crippen LogP contribution in [0.4, 0.5) is 4.79 Å². The summed E-state index contributed by atoms with van der Waals surface area (Å²) in [7, 11) is 0. The van der Waals surface area contributed by atoms with Crippen LogP contribution in [0, 0.1) is 33.3 Å². The molecule has 0 N–H and O–H groups in total. The molecule has 0 bridgehead atoms. The molecule has 0 saturated heterocycles. The Morgan fingerprint density at radius 3 is 1.29 bits per heavy atom. The van der Waals surface area contributed by atoms with Gasteiger partial charge in [0.05, 0.1) is 0 Å². The summed E-state index contributed by atoms with van der Waals surface area (Å²) in [5.74, 6) is 0. The van der Waals surface area contributed by atoms with Gasteiger partial charge in [0.25, 0.3) is 0 Å². The van der Waals surface area contributed by atoms with Crippen molar-refractivity contribution >= 4 is 11.9 Å². The van der Waals surface area contributed by atoms with Crippen LogP contribution in [0.25, 0.3) is 0 Å². The van der Waals surface area contributed by atoms with E-state index in [4.69, 9.17) is 23.3 Å². The second-order valence-electron chi connectivity index (χ2n) is 0.790. The topological polar surface area (TPSA) is 126 Å². The first-order chi connectivity index (χ1) is 8.31. The van der Waals surface area contributed by atoms with Gasteiger partial charge in [0.1, 0.15) is 0 Å². The van der Waals surface area contributed by atoms with Crippen molar-refractivity contribution in [1.29, 1.82) is 0 Å². The molecule has 17 heavy (non-hydrogen) atoms. The first-order valence-electron chi connectivity index (χ1n) is 2.83. The molecular formula is C8H5MoO7P. The molecule has 0 amide bonds. The van der Waals surface area contributed by atoms with Crippen molar-refractivity contribution in [2.75, 3.05) is 6.61 Å². The van der Waals surface area contributed by atoms with Gasteiger partial charge < -0.3 is 0 Å². The Bertz CT molecular complexity index is 206. The van der Waals surface area contributed by atoms with Crippen molar-refractivity contribution in [3.8, 4) is 0 Å². The first kappa shape index (κ1) is 36.0. The van der Waals surface area contributed by atoms with Crippen molar-refractivity contribution in [3.05, 3.63) is 33.3 Å². The summed E-state index contributed by atoms with van der Waals surface area (Å²) in [5.41, 5.74) is -0.146. The number of ether oxygens (including phenoxy) is 1. The molecule has 0 spiro atoms. The molecular weight excluding hydrogens is 335 g/mol. The van der Waals surface area contributed by atoms with Crippen LogP contribution in [0.3, 0.4) is 0 Å². The summed E-state index contributed by atoms with van der Waals surface area (Å²) in [5, 5.41) is 0. The molecule has 9 heteroatoms. The molecule has 0 aliphatic rings. The zero-order valence-corrected chi connectivity index (χ0v) is 11.3. The zero-order valence-electron chi connectivity index (χ0n) is 8.42. The van der Waals surface area contributed by atoms with Gasteiger partial charge in [-0.3, -0.25) is 0 Å². The average molecular weight is 340 g/mol. The Hall–Kier alpha value is -0.842. The van der Waals surface area contributed by atoms with Gasteiger partial charge in [-0.25, -0.2) is 0 Å². The fourth-order valence-corrected chi connectivity index (χ4v) is 0.720. The van der Waals surface area contributed by atoms with Crippen LogP contribution in [0.15, 0.2) is 0 Å². The number of hydrogen-bond acceptors (Lipinski definition) is 2. The van der Waals surface area contributed by atoms with Gasteiger partial charge in [-0.05, 0) is 0 Å². The molecule has 0 aromatic carbocycles. The summed E-state index contributed by atoms with van der Waals surface area (Å²) in [6, 6.07) is 0. The molecule has 0 atom stereocenters. The van der Waals surface area contributed by atoms with Crippen molar-refractivity contribution < 1.29 is 51.6 Å². The summed E-state index contributed by atoms with van der Waals surface area (Å²) in [4.78, 5) is 10.2. The second kappa shape index (κ2) is 114. The maximum atomic E-state index is 10.2. The predicted molar refractivity (Wildman–Crippen MR) is 43.6 cm³/mol. The van der Waals surface area contributed by atoms with Crippen LogP contribution in [0.1, 0.15) is 6.92 Å². The second-order valence-corrected chi connectivity index (χ2v) is 2.68. The van der Waals surface area contributed by atoms with Crippen molar-refractivity contribution in [2.45, 2.75) is 6.92 Å². The standard InChI is InChI=1S/C3H5O2P.5CO.Mo/c1-2-5-3(4)6;5*1-2;/h2H2,1H3;;;;;;. The van der Waals surface area contributed by atoms with E-state index in [0.29, 0.717) is 12.8 Å². The van der Waals surface area contributed by atoms with E-state index in [1.807, 2.05) is 0 Å². The summed E-state index contributed by atoms with van der Waals surface area (Å²) < 4.78 is 42.0. The number of carbonyl (C=O) groups excluding carboxylic acids is 1. The summed E-state index contributed by atoms with van der Waals surface area (Å²) in [6.45, 7) is 24.8. The summed E-state index contributed by atoms with van der Waals surface area (Å²) in [6.07, 6.45) is 0.693. The maximum absolute atomic E-state index is 10.2. The molecule has 0 radical (unpaired) electrons.